The number of nitrogens with two attached hydrogens (primary N) is 1. The molecule has 110 heavy (non-hydrogen) atoms. The first-order chi connectivity index (χ1) is 52.5. The molecule has 2 aromatic rings. The van der Waals surface area contributed by atoms with Gasteiger partial charge in [0, 0.05) is 106 Å². The molecule has 0 radical (unpaired) electrons. The van der Waals surface area contributed by atoms with Crippen molar-refractivity contribution in [1.82, 2.24) is 61.7 Å². The van der Waals surface area contributed by atoms with Crippen LogP contribution in [0, 0.1) is 0 Å². The van der Waals surface area contributed by atoms with E-state index in [9.17, 15) is 103 Å². The number of aliphatic hydroxyl groups is 1. The Balaban J connectivity index is 1.27. The number of ether oxygens (including phenoxy) is 2. The minimum absolute atomic E-state index is 0.0107. The van der Waals surface area contributed by atoms with E-state index in [1.807, 2.05) is 25.1 Å². The monoisotopic (exact) mass is 1600 g/mol. The van der Waals surface area contributed by atoms with Crippen LogP contribution >= 0.6 is 35.3 Å². The molecule has 2 aromatic carbocycles. The maximum absolute atomic E-state index is 14.9. The molecule has 0 unspecified atom stereocenters. The van der Waals surface area contributed by atoms with E-state index in [1.54, 1.807) is 30.3 Å². The Bertz CT molecular complexity index is 3370. The third-order valence-electron chi connectivity index (χ3n) is 17.7. The Morgan fingerprint density at radius 1 is 0.609 bits per heavy atom. The number of aliphatic carboxylic acids is 5. The average Bonchev–Trinajstić information content (AvgIpc) is 1.64. The number of carbonyl (C=O) groups is 15. The number of hydrogen-bond donors (Lipinski definition) is 14. The molecule has 15 N–H and O–H groups in total. The summed E-state index contributed by atoms with van der Waals surface area (Å²) in [7, 11) is 0. The van der Waals surface area contributed by atoms with Gasteiger partial charge in [-0.05, 0) is 67.7 Å². The zero-order valence-corrected chi connectivity index (χ0v) is 64.4. The minimum Gasteiger partial charge on any atom is -0.480 e. The quantitative estimate of drug-likeness (QED) is 0.0316. The predicted molar refractivity (Wildman–Crippen MR) is 404 cm³/mol. The minimum atomic E-state index is -1.72. The van der Waals surface area contributed by atoms with Crippen molar-refractivity contribution in [2.75, 3.05) is 129 Å². The highest BCUT2D eigenvalue weighted by atomic mass is 32.2. The van der Waals surface area contributed by atoms with Crippen LogP contribution in [0.1, 0.15) is 100 Å². The van der Waals surface area contributed by atoms with E-state index in [4.69, 9.17) is 15.2 Å². The van der Waals surface area contributed by atoms with Crippen LogP contribution in [0.2, 0.25) is 0 Å². The zero-order chi connectivity index (χ0) is 80.7. The van der Waals surface area contributed by atoms with Gasteiger partial charge in [0.2, 0.25) is 59.1 Å². The molecule has 0 saturated carbocycles. The second-order valence-electron chi connectivity index (χ2n) is 26.8. The number of primary amides is 1. The molecule has 2 bridgehead atoms. The smallest absolute Gasteiger partial charge is 0.327 e. The lowest BCUT2D eigenvalue weighted by molar-refractivity contribution is -0.148. The van der Waals surface area contributed by atoms with Gasteiger partial charge >= 0.3 is 29.8 Å². The molecule has 10 amide bonds. The number of fused-ring (bicyclic) bond motifs is 4. The van der Waals surface area contributed by atoms with Crippen LogP contribution in [0.4, 0.5) is 0 Å². The molecule has 2 saturated heterocycles. The predicted octanol–water partition coefficient (Wildman–Crippen LogP) is -2.13. The maximum Gasteiger partial charge on any atom is 0.327 e. The molecule has 3 aliphatic heterocycles. The fraction of sp³-hybridized carbons (Fsp3) is 0.620. The molecule has 8 atom stereocenters. The van der Waals surface area contributed by atoms with Crippen molar-refractivity contribution in [3.05, 3.63) is 70.8 Å². The molecule has 0 spiro atoms. The van der Waals surface area contributed by atoms with Crippen molar-refractivity contribution in [1.29, 1.82) is 0 Å². The van der Waals surface area contributed by atoms with E-state index in [1.165, 1.54) is 56.9 Å². The number of rotatable bonds is 41. The van der Waals surface area contributed by atoms with E-state index < -0.39 is 170 Å². The van der Waals surface area contributed by atoms with Crippen LogP contribution in [-0.2, 0) is 105 Å². The number of nitrogens with one attached hydrogen (secondary N) is 7. The number of thioether (sulfide) groups is 3. The Kier molecular flexibility index (Phi) is 41.4. The molecule has 39 heteroatoms. The fourth-order valence-corrected chi connectivity index (χ4v) is 15.1. The lowest BCUT2D eigenvalue weighted by Crippen LogP contribution is -2.61. The molecular weight excluding hydrogens is 1500 g/mol. The summed E-state index contributed by atoms with van der Waals surface area (Å²) in [6.45, 7) is 0.584. The van der Waals surface area contributed by atoms with E-state index >= 15 is 0 Å². The number of carboxylic acid groups (broad SMARTS) is 5. The Morgan fingerprint density at radius 3 is 1.76 bits per heavy atom. The average molecular weight is 1600 g/mol. The Labute approximate surface area is 650 Å². The van der Waals surface area contributed by atoms with Gasteiger partial charge in [-0.3, -0.25) is 81.8 Å². The van der Waals surface area contributed by atoms with Crippen LogP contribution in [0.5, 0.6) is 0 Å². The molecule has 0 aliphatic carbocycles. The summed E-state index contributed by atoms with van der Waals surface area (Å²) in [4.78, 5) is 203. The Hall–Kier alpha value is -8.70. The summed E-state index contributed by atoms with van der Waals surface area (Å²) in [5.74, 6) is -12.0. The van der Waals surface area contributed by atoms with Gasteiger partial charge in [0.25, 0.3) is 0 Å². The molecule has 2 fully saturated rings. The topological polar surface area (TPSA) is 522 Å². The number of amides is 10. The highest BCUT2D eigenvalue weighted by Gasteiger charge is 2.45. The fourth-order valence-electron chi connectivity index (χ4n) is 12.3. The molecule has 5 rings (SSSR count). The third kappa shape index (κ3) is 34.7. The van der Waals surface area contributed by atoms with Crippen LogP contribution in [-0.4, -0.2) is 321 Å². The number of carbonyl (C=O) groups excluding carboxylic acids is 10. The van der Waals surface area contributed by atoms with Crippen molar-refractivity contribution in [3.8, 4) is 0 Å². The van der Waals surface area contributed by atoms with Crippen molar-refractivity contribution in [2.45, 2.75) is 150 Å². The van der Waals surface area contributed by atoms with Gasteiger partial charge in [-0.25, -0.2) is 4.79 Å². The van der Waals surface area contributed by atoms with Crippen molar-refractivity contribution in [2.24, 2.45) is 5.73 Å². The lowest BCUT2D eigenvalue weighted by atomic mass is 10.0. The van der Waals surface area contributed by atoms with Gasteiger partial charge in [-0.2, -0.15) is 35.3 Å². The number of benzene rings is 2. The second-order valence-corrected chi connectivity index (χ2v) is 29.9. The Morgan fingerprint density at radius 2 is 1.17 bits per heavy atom. The summed E-state index contributed by atoms with van der Waals surface area (Å²) >= 11 is 4.06. The summed E-state index contributed by atoms with van der Waals surface area (Å²) in [5.41, 5.74) is 8.48. The first-order valence-electron chi connectivity index (χ1n) is 36.4. The zero-order valence-electron chi connectivity index (χ0n) is 61.9. The van der Waals surface area contributed by atoms with Gasteiger partial charge in [0.1, 0.15) is 48.9 Å². The number of aliphatic hydroxyl groups excluding tert-OH is 1. The third-order valence-corrected chi connectivity index (χ3v) is 20.9. The van der Waals surface area contributed by atoms with Crippen molar-refractivity contribution < 1.29 is 112 Å². The highest BCUT2D eigenvalue weighted by molar-refractivity contribution is 7.99. The van der Waals surface area contributed by atoms with Gasteiger partial charge in [-0.1, -0.05) is 68.3 Å². The molecule has 36 nitrogen and oxygen atoms in total. The van der Waals surface area contributed by atoms with E-state index in [0.29, 0.717) is 42.1 Å². The summed E-state index contributed by atoms with van der Waals surface area (Å²) in [6, 6.07) is 4.78. The summed E-state index contributed by atoms with van der Waals surface area (Å²) < 4.78 is 11.0. The van der Waals surface area contributed by atoms with Gasteiger partial charge in [0.15, 0.2) is 0 Å². The van der Waals surface area contributed by atoms with Crippen molar-refractivity contribution >= 4 is 124 Å². The second kappa shape index (κ2) is 49.5. The number of carboxylic acids is 5. The van der Waals surface area contributed by atoms with Crippen molar-refractivity contribution in [3.63, 3.8) is 0 Å². The van der Waals surface area contributed by atoms with E-state index in [-0.39, 0.29) is 134 Å². The van der Waals surface area contributed by atoms with Crippen LogP contribution in [0.3, 0.4) is 0 Å². The van der Waals surface area contributed by atoms with E-state index in [2.05, 4.69) is 37.2 Å². The standard InChI is InChI=1S/C71H105N13O23S3/c1-3-4-6-15-57(87)75-52-43-109-41-48-30-47(40-108-29-19-74-59(89)39-107-28-27-106-26-18-73-58(88)34-80(22-24-81(35-60(90)91)36-61(92)93)23-25-82(37-62(94)95)38-63(96)97)31-49(32-48)42-110-44-53(71(104)105)78-66(99)51(33-46-11-7-5-8-12-46)77-65(98)50(16-17-56(72)86)76-68(101)64(45(2)85)79-67(100)54-13-9-20-83(54)70(103)55-14-10-21-84(55)69(52)102/h5,7-8,11-12,30-32,45,50-55,64,85H,3-4,6,9-10,13-29,33-44H2,1-2H3,(H2,72,86)(H,73,88)(H,74,89)(H,75,87)(H,76,101)(H,77,98)(H,78,99)(H,79,100)(H,90,91)(H,92,93)(H,94,95)(H,96,97)(H,104,105)/t45-,50+,51+,52+,53+,54+,55+,64+/m1/s1. The largest absolute Gasteiger partial charge is 0.480 e. The normalized spacial score (nSPS) is 20.3. The van der Waals surface area contributed by atoms with Gasteiger partial charge in [0.05, 0.1) is 58.6 Å². The molecular formula is C71H105N13O23S3. The molecule has 3 aliphatic rings. The lowest BCUT2D eigenvalue weighted by Gasteiger charge is -2.33. The molecule has 3 heterocycles. The van der Waals surface area contributed by atoms with Gasteiger partial charge < -0.3 is 92.9 Å². The van der Waals surface area contributed by atoms with Crippen LogP contribution in [0.25, 0.3) is 0 Å². The molecule has 610 valence electrons. The van der Waals surface area contributed by atoms with E-state index in [0.717, 1.165) is 39.3 Å². The maximum atomic E-state index is 14.9. The number of unbranched alkanes of at least 4 members (excludes halogenated alkanes) is 2. The summed E-state index contributed by atoms with van der Waals surface area (Å²) in [6.07, 6.45) is 0.991. The number of nitrogens with zero attached hydrogens (tertiary/aromatic N) is 5. The first kappa shape index (κ1) is 91.9. The van der Waals surface area contributed by atoms with Crippen LogP contribution < -0.4 is 43.0 Å². The number of hydrogen-bond acceptors (Lipinski definition) is 24. The summed E-state index contributed by atoms with van der Waals surface area (Å²) in [5, 5.41) is 77.2. The SMILES string of the molecule is CCCCCC(=O)N[C@H]1CSCc2cc(CSCCNC(=O)COCCOCCNC(=O)CN(CCN(CC(=O)O)CC(=O)O)CCN(CC(=O)O)CC(=O)O)cc(c2)CSC[C@@H](C(=O)O)NC(=O)[C@H](Cc2ccccc2)NC(=O)[C@H](CCC(N)=O)NC(=O)[C@H]([C@@H](C)O)NC(=O)[C@@H]2CCCN2C(=O)[C@@H]2CCCN2C1=O. The van der Waals surface area contributed by atoms with Crippen LogP contribution in [0.15, 0.2) is 48.5 Å². The highest BCUT2D eigenvalue weighted by Crippen LogP contribution is 2.28. The van der Waals surface area contributed by atoms with Gasteiger partial charge in [-0.15, -0.1) is 0 Å². The first-order valence-corrected chi connectivity index (χ1v) is 39.9. The molecule has 0 aromatic heterocycles.